The Balaban J connectivity index is 2.04. The van der Waals surface area contributed by atoms with Gasteiger partial charge in [0.25, 0.3) is 0 Å². The van der Waals surface area contributed by atoms with Gasteiger partial charge in [-0.1, -0.05) is 12.1 Å². The number of nitrogens with two attached hydrogens (primary N) is 1. The Labute approximate surface area is 98.1 Å². The zero-order valence-electron chi connectivity index (χ0n) is 9.08. The highest BCUT2D eigenvalue weighted by Gasteiger charge is 2.02. The van der Waals surface area contributed by atoms with Crippen LogP contribution in [0.15, 0.2) is 42.5 Å². The van der Waals surface area contributed by atoms with Gasteiger partial charge in [0, 0.05) is 18.3 Å². The summed E-state index contributed by atoms with van der Waals surface area (Å²) in [6.45, 7) is 0.461. The maximum absolute atomic E-state index is 13.3. The third-order valence-electron chi connectivity index (χ3n) is 2.39. The molecule has 0 fully saturated rings. The van der Waals surface area contributed by atoms with Crippen molar-refractivity contribution < 1.29 is 8.78 Å². The van der Waals surface area contributed by atoms with Gasteiger partial charge in [0.05, 0.1) is 5.69 Å². The van der Waals surface area contributed by atoms with Gasteiger partial charge in [0.1, 0.15) is 11.6 Å². The van der Waals surface area contributed by atoms with Gasteiger partial charge in [-0.15, -0.1) is 0 Å². The Morgan fingerprint density at radius 3 is 2.35 bits per heavy atom. The first-order valence-electron chi connectivity index (χ1n) is 5.18. The van der Waals surface area contributed by atoms with Crippen LogP contribution in [0.3, 0.4) is 0 Å². The molecule has 0 aromatic heterocycles. The fourth-order valence-corrected chi connectivity index (χ4v) is 1.47. The molecule has 0 spiro atoms. The largest absolute Gasteiger partial charge is 0.399 e. The molecule has 0 amide bonds. The lowest BCUT2D eigenvalue weighted by Crippen LogP contribution is -2.01. The van der Waals surface area contributed by atoms with Crippen LogP contribution in [0, 0.1) is 11.6 Å². The first-order chi connectivity index (χ1) is 8.15. The number of halogens is 2. The van der Waals surface area contributed by atoms with Crippen molar-refractivity contribution in [2.75, 3.05) is 11.1 Å². The summed E-state index contributed by atoms with van der Waals surface area (Å²) in [6.07, 6.45) is 0. The molecule has 0 radical (unpaired) electrons. The van der Waals surface area contributed by atoms with Gasteiger partial charge in [-0.2, -0.15) is 0 Å². The van der Waals surface area contributed by atoms with Crippen LogP contribution >= 0.6 is 0 Å². The summed E-state index contributed by atoms with van der Waals surface area (Å²) in [4.78, 5) is 0. The van der Waals surface area contributed by atoms with Gasteiger partial charge in [-0.05, 0) is 29.8 Å². The van der Waals surface area contributed by atoms with Gasteiger partial charge >= 0.3 is 0 Å². The summed E-state index contributed by atoms with van der Waals surface area (Å²) in [7, 11) is 0. The number of hydrogen-bond donors (Lipinski definition) is 2. The highest BCUT2D eigenvalue weighted by atomic mass is 19.1. The Hall–Kier alpha value is -2.10. The number of benzene rings is 2. The molecule has 0 aliphatic heterocycles. The highest BCUT2D eigenvalue weighted by Crippen LogP contribution is 2.16. The van der Waals surface area contributed by atoms with Crippen molar-refractivity contribution >= 4 is 11.4 Å². The van der Waals surface area contributed by atoms with Gasteiger partial charge in [-0.25, -0.2) is 8.78 Å². The molecule has 2 aromatic rings. The van der Waals surface area contributed by atoms with Gasteiger partial charge in [0.15, 0.2) is 0 Å². The predicted molar refractivity (Wildman–Crippen MR) is 64.5 cm³/mol. The van der Waals surface area contributed by atoms with E-state index in [0.717, 1.165) is 11.6 Å². The molecule has 0 unspecified atom stereocenters. The van der Waals surface area contributed by atoms with E-state index in [0.29, 0.717) is 12.2 Å². The molecule has 0 aliphatic carbocycles. The standard InChI is InChI=1S/C13H12F2N2/c14-10-3-6-13(12(15)7-10)17-8-9-1-4-11(16)5-2-9/h1-7,17H,8,16H2. The number of anilines is 2. The van der Waals surface area contributed by atoms with E-state index < -0.39 is 11.6 Å². The molecule has 0 bridgehead atoms. The molecule has 17 heavy (non-hydrogen) atoms. The normalized spacial score (nSPS) is 10.2. The lowest BCUT2D eigenvalue weighted by molar-refractivity contribution is 0.585. The van der Waals surface area contributed by atoms with Gasteiger partial charge in [-0.3, -0.25) is 0 Å². The van der Waals surface area contributed by atoms with E-state index in [1.54, 1.807) is 12.1 Å². The van der Waals surface area contributed by atoms with Crippen molar-refractivity contribution in [3.05, 3.63) is 59.7 Å². The average molecular weight is 234 g/mol. The van der Waals surface area contributed by atoms with Crippen LogP contribution in [-0.4, -0.2) is 0 Å². The predicted octanol–water partition coefficient (Wildman–Crippen LogP) is 3.16. The maximum Gasteiger partial charge on any atom is 0.149 e. The van der Waals surface area contributed by atoms with E-state index >= 15 is 0 Å². The molecule has 0 aliphatic rings. The quantitative estimate of drug-likeness (QED) is 0.800. The smallest absolute Gasteiger partial charge is 0.149 e. The Morgan fingerprint density at radius 2 is 1.71 bits per heavy atom. The Kier molecular flexibility index (Phi) is 3.23. The fraction of sp³-hybridized carbons (Fsp3) is 0.0769. The lowest BCUT2D eigenvalue weighted by atomic mass is 10.2. The van der Waals surface area contributed by atoms with Crippen molar-refractivity contribution in [1.29, 1.82) is 0 Å². The van der Waals surface area contributed by atoms with Crippen LogP contribution in [-0.2, 0) is 6.54 Å². The topological polar surface area (TPSA) is 38.0 Å². The molecule has 4 heteroatoms. The summed E-state index contributed by atoms with van der Waals surface area (Å²) >= 11 is 0. The zero-order chi connectivity index (χ0) is 12.3. The van der Waals surface area contributed by atoms with Crippen LogP contribution < -0.4 is 11.1 Å². The number of rotatable bonds is 3. The Bertz CT molecular complexity index is 509. The molecule has 2 nitrogen and oxygen atoms in total. The molecule has 2 aromatic carbocycles. The summed E-state index contributed by atoms with van der Waals surface area (Å²) < 4.78 is 26.0. The van der Waals surface area contributed by atoms with E-state index in [9.17, 15) is 8.78 Å². The molecule has 3 N–H and O–H groups in total. The second-order valence-electron chi connectivity index (χ2n) is 3.72. The highest BCUT2D eigenvalue weighted by molar-refractivity contribution is 5.46. The molecule has 0 heterocycles. The number of nitrogen functional groups attached to an aromatic ring is 1. The fourth-order valence-electron chi connectivity index (χ4n) is 1.47. The van der Waals surface area contributed by atoms with Crippen molar-refractivity contribution in [2.24, 2.45) is 0 Å². The Morgan fingerprint density at radius 1 is 1.00 bits per heavy atom. The third kappa shape index (κ3) is 2.93. The van der Waals surface area contributed by atoms with Crippen molar-refractivity contribution in [3.63, 3.8) is 0 Å². The van der Waals surface area contributed by atoms with E-state index in [1.807, 2.05) is 12.1 Å². The molecular weight excluding hydrogens is 222 g/mol. The molecule has 2 rings (SSSR count). The minimum atomic E-state index is -0.597. The summed E-state index contributed by atoms with van der Waals surface area (Å²) in [5.74, 6) is -1.18. The van der Waals surface area contributed by atoms with Gasteiger partial charge < -0.3 is 11.1 Å². The van der Waals surface area contributed by atoms with Crippen LogP contribution in [0.2, 0.25) is 0 Å². The SMILES string of the molecule is Nc1ccc(CNc2ccc(F)cc2F)cc1. The molecule has 0 saturated heterocycles. The summed E-state index contributed by atoms with van der Waals surface area (Å²) in [5, 5.41) is 2.89. The third-order valence-corrected chi connectivity index (χ3v) is 2.39. The van der Waals surface area contributed by atoms with Crippen molar-refractivity contribution in [2.45, 2.75) is 6.54 Å². The molecule has 88 valence electrons. The molecular formula is C13H12F2N2. The zero-order valence-corrected chi connectivity index (χ0v) is 9.08. The van der Waals surface area contributed by atoms with E-state index in [-0.39, 0.29) is 5.69 Å². The van der Waals surface area contributed by atoms with Crippen molar-refractivity contribution in [1.82, 2.24) is 0 Å². The van der Waals surface area contributed by atoms with Crippen LogP contribution in [0.5, 0.6) is 0 Å². The first-order valence-corrected chi connectivity index (χ1v) is 5.18. The monoisotopic (exact) mass is 234 g/mol. The molecule has 0 saturated carbocycles. The first kappa shape index (κ1) is 11.4. The van der Waals surface area contributed by atoms with E-state index in [2.05, 4.69) is 5.32 Å². The second-order valence-corrected chi connectivity index (χ2v) is 3.72. The number of hydrogen-bond acceptors (Lipinski definition) is 2. The van der Waals surface area contributed by atoms with Crippen molar-refractivity contribution in [3.8, 4) is 0 Å². The maximum atomic E-state index is 13.3. The van der Waals surface area contributed by atoms with Crippen LogP contribution in [0.4, 0.5) is 20.2 Å². The van der Waals surface area contributed by atoms with Crippen LogP contribution in [0.1, 0.15) is 5.56 Å². The van der Waals surface area contributed by atoms with E-state index in [4.69, 9.17) is 5.73 Å². The van der Waals surface area contributed by atoms with E-state index in [1.165, 1.54) is 12.1 Å². The lowest BCUT2D eigenvalue weighted by Gasteiger charge is -2.07. The number of nitrogens with one attached hydrogen (secondary N) is 1. The summed E-state index contributed by atoms with van der Waals surface area (Å²) in [5.41, 5.74) is 7.49. The van der Waals surface area contributed by atoms with Gasteiger partial charge in [0.2, 0.25) is 0 Å². The minimum Gasteiger partial charge on any atom is -0.399 e. The second kappa shape index (κ2) is 4.82. The van der Waals surface area contributed by atoms with Crippen LogP contribution in [0.25, 0.3) is 0 Å². The minimum absolute atomic E-state index is 0.281. The average Bonchev–Trinajstić information content (AvgIpc) is 2.30. The molecule has 0 atom stereocenters. The summed E-state index contributed by atoms with van der Waals surface area (Å²) in [6, 6.07) is 10.7.